The molecule has 0 saturated heterocycles. The molecule has 2 aromatic heterocycles. The van der Waals surface area contributed by atoms with Gasteiger partial charge in [-0.1, -0.05) is 6.07 Å². The maximum atomic E-state index is 12.6. The molecule has 0 unspecified atom stereocenters. The van der Waals surface area contributed by atoms with Crippen LogP contribution in [0.4, 0.5) is 5.69 Å². The Bertz CT molecular complexity index is 578. The van der Waals surface area contributed by atoms with Gasteiger partial charge >= 0.3 is 0 Å². The molecule has 1 fully saturated rings. The van der Waals surface area contributed by atoms with Crippen molar-refractivity contribution >= 4 is 22.9 Å². The number of anilines is 1. The van der Waals surface area contributed by atoms with Crippen molar-refractivity contribution in [3.05, 3.63) is 46.4 Å². The van der Waals surface area contributed by atoms with Crippen molar-refractivity contribution in [1.82, 2.24) is 9.88 Å². The van der Waals surface area contributed by atoms with Gasteiger partial charge in [-0.15, -0.1) is 11.3 Å². The second-order valence-electron chi connectivity index (χ2n) is 4.71. The van der Waals surface area contributed by atoms with Crippen LogP contribution >= 0.6 is 11.3 Å². The highest BCUT2D eigenvalue weighted by Gasteiger charge is 2.33. The van der Waals surface area contributed by atoms with Crippen molar-refractivity contribution in [1.29, 1.82) is 0 Å². The molecule has 5 heteroatoms. The van der Waals surface area contributed by atoms with Crippen molar-refractivity contribution in [3.63, 3.8) is 0 Å². The quantitative estimate of drug-likeness (QED) is 0.931. The maximum absolute atomic E-state index is 12.6. The second kappa shape index (κ2) is 5.01. The van der Waals surface area contributed by atoms with E-state index >= 15 is 0 Å². The summed E-state index contributed by atoms with van der Waals surface area (Å²) in [5.41, 5.74) is 6.85. The minimum absolute atomic E-state index is 0.0100. The Morgan fingerprint density at radius 2 is 2.32 bits per heavy atom. The van der Waals surface area contributed by atoms with Crippen LogP contribution in [0.15, 0.2) is 36.0 Å². The molecule has 0 radical (unpaired) electrons. The van der Waals surface area contributed by atoms with Crippen molar-refractivity contribution < 1.29 is 4.79 Å². The fraction of sp³-hybridized carbons (Fsp3) is 0.286. The lowest BCUT2D eigenvalue weighted by atomic mass is 10.2. The predicted octanol–water partition coefficient (Wildman–Crippen LogP) is 2.53. The molecule has 2 N–H and O–H groups in total. The lowest BCUT2D eigenvalue weighted by molar-refractivity contribution is 0.0732. The maximum Gasteiger partial charge on any atom is 0.256 e. The summed E-state index contributed by atoms with van der Waals surface area (Å²) >= 11 is 1.68. The molecule has 1 aliphatic carbocycles. The van der Waals surface area contributed by atoms with Gasteiger partial charge in [-0.05, 0) is 30.4 Å². The largest absolute Gasteiger partial charge is 0.397 e. The van der Waals surface area contributed by atoms with Crippen LogP contribution in [0.3, 0.4) is 0 Å². The van der Waals surface area contributed by atoms with Crippen LogP contribution in [0.1, 0.15) is 28.1 Å². The molecule has 0 bridgehead atoms. The van der Waals surface area contributed by atoms with Crippen LogP contribution in [0.25, 0.3) is 0 Å². The molecule has 1 amide bonds. The molecular weight excluding hydrogens is 258 g/mol. The van der Waals surface area contributed by atoms with Crippen molar-refractivity contribution in [2.75, 3.05) is 5.73 Å². The molecule has 0 spiro atoms. The third-order valence-corrected chi connectivity index (χ3v) is 4.10. The number of carbonyl (C=O) groups is 1. The zero-order valence-electron chi connectivity index (χ0n) is 10.5. The van der Waals surface area contributed by atoms with Crippen LogP contribution in [0.2, 0.25) is 0 Å². The van der Waals surface area contributed by atoms with Gasteiger partial charge in [0.15, 0.2) is 0 Å². The summed E-state index contributed by atoms with van der Waals surface area (Å²) in [7, 11) is 0. The van der Waals surface area contributed by atoms with Gasteiger partial charge in [0.1, 0.15) is 0 Å². The number of nitrogen functional groups attached to an aromatic ring is 1. The third kappa shape index (κ3) is 2.61. The summed E-state index contributed by atoms with van der Waals surface area (Å²) in [5, 5.41) is 2.03. The van der Waals surface area contributed by atoms with E-state index in [-0.39, 0.29) is 5.91 Å². The standard InChI is InChI=1S/C14H15N3OS/c15-13-8-16-6-5-12(13)14(18)17(10-3-4-10)9-11-2-1-7-19-11/h1-2,5-8,10H,3-4,9,15H2. The first-order valence-electron chi connectivity index (χ1n) is 6.28. The first-order valence-corrected chi connectivity index (χ1v) is 7.16. The Labute approximate surface area is 115 Å². The van der Waals surface area contributed by atoms with Crippen LogP contribution in [0, 0.1) is 0 Å². The number of pyridine rings is 1. The van der Waals surface area contributed by atoms with Gasteiger partial charge in [-0.3, -0.25) is 9.78 Å². The number of nitrogens with two attached hydrogens (primary N) is 1. The minimum Gasteiger partial charge on any atom is -0.397 e. The fourth-order valence-corrected chi connectivity index (χ4v) is 2.78. The van der Waals surface area contributed by atoms with E-state index in [1.54, 1.807) is 23.6 Å². The van der Waals surface area contributed by atoms with Gasteiger partial charge in [0.2, 0.25) is 0 Å². The van der Waals surface area contributed by atoms with Gasteiger partial charge in [-0.25, -0.2) is 0 Å². The van der Waals surface area contributed by atoms with Crippen LogP contribution in [-0.2, 0) is 6.54 Å². The minimum atomic E-state index is 0.0100. The molecule has 1 aliphatic rings. The Morgan fingerprint density at radius 1 is 1.47 bits per heavy atom. The second-order valence-corrected chi connectivity index (χ2v) is 5.74. The monoisotopic (exact) mass is 273 g/mol. The van der Waals surface area contributed by atoms with Gasteiger partial charge in [0.05, 0.1) is 24.0 Å². The Hall–Kier alpha value is -1.88. The Kier molecular flexibility index (Phi) is 3.21. The van der Waals surface area contributed by atoms with Gasteiger partial charge < -0.3 is 10.6 Å². The zero-order chi connectivity index (χ0) is 13.2. The number of thiophene rings is 1. The molecular formula is C14H15N3OS. The highest BCUT2D eigenvalue weighted by molar-refractivity contribution is 7.09. The Balaban J connectivity index is 1.84. The fourth-order valence-electron chi connectivity index (χ4n) is 2.08. The lowest BCUT2D eigenvalue weighted by Gasteiger charge is -2.22. The van der Waals surface area contributed by atoms with E-state index in [1.165, 1.54) is 11.1 Å². The van der Waals surface area contributed by atoms with Crippen LogP contribution in [0.5, 0.6) is 0 Å². The number of carbonyl (C=O) groups excluding carboxylic acids is 1. The summed E-state index contributed by atoms with van der Waals surface area (Å²) in [6.07, 6.45) is 5.31. The summed E-state index contributed by atoms with van der Waals surface area (Å²) in [6.45, 7) is 0.670. The zero-order valence-corrected chi connectivity index (χ0v) is 11.3. The van der Waals surface area contributed by atoms with E-state index in [9.17, 15) is 4.79 Å². The molecule has 0 aromatic carbocycles. The van der Waals surface area contributed by atoms with Gasteiger partial charge in [-0.2, -0.15) is 0 Å². The van der Waals surface area contributed by atoms with E-state index in [1.807, 2.05) is 16.3 Å². The SMILES string of the molecule is Nc1cnccc1C(=O)N(Cc1cccs1)C1CC1. The molecule has 2 heterocycles. The van der Waals surface area contributed by atoms with Crippen molar-refractivity contribution in [2.45, 2.75) is 25.4 Å². The molecule has 0 atom stereocenters. The average Bonchev–Trinajstić information content (AvgIpc) is 3.13. The number of rotatable bonds is 4. The Morgan fingerprint density at radius 3 is 2.95 bits per heavy atom. The highest BCUT2D eigenvalue weighted by Crippen LogP contribution is 2.31. The summed E-state index contributed by atoms with van der Waals surface area (Å²) in [6, 6.07) is 6.13. The summed E-state index contributed by atoms with van der Waals surface area (Å²) in [5.74, 6) is 0.0100. The third-order valence-electron chi connectivity index (χ3n) is 3.24. The van der Waals surface area contributed by atoms with E-state index in [4.69, 9.17) is 5.73 Å². The van der Waals surface area contributed by atoms with E-state index in [0.717, 1.165) is 12.8 Å². The van der Waals surface area contributed by atoms with Crippen molar-refractivity contribution in [2.24, 2.45) is 0 Å². The summed E-state index contributed by atoms with van der Waals surface area (Å²) in [4.78, 5) is 19.7. The molecule has 1 saturated carbocycles. The lowest BCUT2D eigenvalue weighted by Crippen LogP contribution is -2.32. The molecule has 19 heavy (non-hydrogen) atoms. The number of nitrogens with zero attached hydrogens (tertiary/aromatic N) is 2. The number of hydrogen-bond donors (Lipinski definition) is 1. The van der Waals surface area contributed by atoms with Crippen molar-refractivity contribution in [3.8, 4) is 0 Å². The number of aromatic nitrogens is 1. The van der Waals surface area contributed by atoms with Crippen LogP contribution in [-0.4, -0.2) is 21.8 Å². The van der Waals surface area contributed by atoms with E-state index in [0.29, 0.717) is 23.8 Å². The average molecular weight is 273 g/mol. The van der Waals surface area contributed by atoms with Crippen LogP contribution < -0.4 is 5.73 Å². The smallest absolute Gasteiger partial charge is 0.256 e. The predicted molar refractivity (Wildman–Crippen MR) is 75.9 cm³/mol. The topological polar surface area (TPSA) is 59.2 Å². The first-order chi connectivity index (χ1) is 9.25. The molecule has 4 nitrogen and oxygen atoms in total. The molecule has 98 valence electrons. The highest BCUT2D eigenvalue weighted by atomic mass is 32.1. The van der Waals surface area contributed by atoms with Gasteiger partial charge in [0.25, 0.3) is 5.91 Å². The molecule has 0 aliphatic heterocycles. The number of hydrogen-bond acceptors (Lipinski definition) is 4. The van der Waals surface area contributed by atoms with E-state index < -0.39 is 0 Å². The number of amides is 1. The first kappa shape index (κ1) is 12.2. The van der Waals surface area contributed by atoms with E-state index in [2.05, 4.69) is 11.1 Å². The molecule has 2 aromatic rings. The summed E-state index contributed by atoms with van der Waals surface area (Å²) < 4.78 is 0. The van der Waals surface area contributed by atoms with Gasteiger partial charge in [0, 0.05) is 17.1 Å². The molecule has 3 rings (SSSR count). The normalized spacial score (nSPS) is 14.3.